The van der Waals surface area contributed by atoms with Crippen LogP contribution in [0, 0.1) is 5.92 Å². The van der Waals surface area contributed by atoms with Crippen molar-refractivity contribution in [2.24, 2.45) is 5.92 Å². The summed E-state index contributed by atoms with van der Waals surface area (Å²) in [4.78, 5) is 24.3. The molecule has 2 aromatic rings. The molecule has 1 aliphatic heterocycles. The predicted molar refractivity (Wildman–Crippen MR) is 140 cm³/mol. The first-order valence-electron chi connectivity index (χ1n) is 12.6. The van der Waals surface area contributed by atoms with Gasteiger partial charge in [-0.15, -0.1) is 0 Å². The summed E-state index contributed by atoms with van der Waals surface area (Å²) in [5, 5.41) is 9.61. The molecule has 3 N–H and O–H groups in total. The van der Waals surface area contributed by atoms with Gasteiger partial charge in [0.15, 0.2) is 11.5 Å². The van der Waals surface area contributed by atoms with Crippen molar-refractivity contribution in [3.63, 3.8) is 0 Å². The lowest BCUT2D eigenvalue weighted by Gasteiger charge is -2.16. The Hall–Kier alpha value is -3.07. The van der Waals surface area contributed by atoms with Crippen molar-refractivity contribution in [2.75, 3.05) is 64.1 Å². The van der Waals surface area contributed by atoms with Gasteiger partial charge in [-0.1, -0.05) is 19.9 Å². The van der Waals surface area contributed by atoms with E-state index in [1.54, 1.807) is 20.4 Å². The molecule has 9 heteroatoms. The number of anilines is 2. The molecule has 1 amide bonds. The van der Waals surface area contributed by atoms with E-state index in [4.69, 9.17) is 9.47 Å². The number of methoxy groups -OCH3 is 2. The minimum Gasteiger partial charge on any atom is -0.493 e. The number of nitrogens with zero attached hydrogens (tertiary/aromatic N) is 3. The first-order valence-corrected chi connectivity index (χ1v) is 12.6. The Morgan fingerprint density at radius 2 is 1.86 bits per heavy atom. The Morgan fingerprint density at radius 1 is 1.09 bits per heavy atom. The molecule has 1 saturated heterocycles. The van der Waals surface area contributed by atoms with Crippen molar-refractivity contribution in [1.82, 2.24) is 20.2 Å². The van der Waals surface area contributed by atoms with Gasteiger partial charge in [-0.3, -0.25) is 4.79 Å². The van der Waals surface area contributed by atoms with E-state index in [1.807, 2.05) is 18.2 Å². The van der Waals surface area contributed by atoms with Crippen LogP contribution in [0.4, 0.5) is 11.8 Å². The number of aromatic nitrogens is 2. The van der Waals surface area contributed by atoms with Crippen LogP contribution in [0.5, 0.6) is 11.5 Å². The molecule has 0 bridgehead atoms. The number of ether oxygens (including phenoxy) is 2. The first-order chi connectivity index (χ1) is 17.0. The van der Waals surface area contributed by atoms with Gasteiger partial charge in [-0.05, 0) is 68.9 Å². The van der Waals surface area contributed by atoms with E-state index in [2.05, 4.69) is 44.7 Å². The molecule has 0 aliphatic carbocycles. The zero-order valence-corrected chi connectivity index (χ0v) is 21.5. The Labute approximate surface area is 209 Å². The second kappa shape index (κ2) is 13.7. The highest BCUT2D eigenvalue weighted by Gasteiger charge is 2.16. The third kappa shape index (κ3) is 8.28. The smallest absolute Gasteiger partial charge is 0.256 e. The van der Waals surface area contributed by atoms with Crippen molar-refractivity contribution < 1.29 is 14.3 Å². The summed E-state index contributed by atoms with van der Waals surface area (Å²) in [6.07, 6.45) is 5.96. The van der Waals surface area contributed by atoms with E-state index in [9.17, 15) is 4.79 Å². The highest BCUT2D eigenvalue weighted by molar-refractivity contribution is 5.98. The lowest BCUT2D eigenvalue weighted by molar-refractivity contribution is 0.0949. The molecule has 9 nitrogen and oxygen atoms in total. The van der Waals surface area contributed by atoms with Crippen LogP contribution in [0.15, 0.2) is 24.4 Å². The Bertz CT molecular complexity index is 947. The van der Waals surface area contributed by atoms with Crippen LogP contribution in [0.3, 0.4) is 0 Å². The predicted octanol–water partition coefficient (Wildman–Crippen LogP) is 3.43. The lowest BCUT2D eigenvalue weighted by atomic mass is 10.1. The van der Waals surface area contributed by atoms with Gasteiger partial charge in [-0.25, -0.2) is 4.98 Å². The summed E-state index contributed by atoms with van der Waals surface area (Å²) in [6.45, 7) is 9.60. The van der Waals surface area contributed by atoms with Gasteiger partial charge in [0.05, 0.1) is 14.2 Å². The number of carbonyl (C=O) groups excluding carboxylic acids is 1. The van der Waals surface area contributed by atoms with E-state index >= 15 is 0 Å². The zero-order valence-electron chi connectivity index (χ0n) is 21.5. The van der Waals surface area contributed by atoms with Gasteiger partial charge in [0.1, 0.15) is 11.4 Å². The summed E-state index contributed by atoms with van der Waals surface area (Å²) in [5.74, 6) is 2.64. The number of rotatable bonds is 14. The lowest BCUT2D eigenvalue weighted by Crippen LogP contribution is -2.29. The van der Waals surface area contributed by atoms with Gasteiger partial charge in [0.2, 0.25) is 5.95 Å². The number of hydrogen-bond acceptors (Lipinski definition) is 8. The fourth-order valence-corrected chi connectivity index (χ4v) is 4.03. The van der Waals surface area contributed by atoms with Crippen LogP contribution in [0.2, 0.25) is 0 Å². The SMILES string of the molecule is COc1ccc(CCNc2nc(NCCCN3CCCC3)ncc2C(=O)NCC(C)C)cc1OC. The third-order valence-corrected chi connectivity index (χ3v) is 5.99. The van der Waals surface area contributed by atoms with Crippen molar-refractivity contribution >= 4 is 17.7 Å². The molecule has 1 aromatic heterocycles. The quantitative estimate of drug-likeness (QED) is 0.351. The molecule has 3 rings (SSSR count). The van der Waals surface area contributed by atoms with Crippen LogP contribution in [0.1, 0.15) is 49.0 Å². The van der Waals surface area contributed by atoms with E-state index in [-0.39, 0.29) is 5.91 Å². The number of carbonyl (C=O) groups is 1. The highest BCUT2D eigenvalue weighted by atomic mass is 16.5. The zero-order chi connectivity index (χ0) is 25.0. The Morgan fingerprint density at radius 3 is 2.57 bits per heavy atom. The molecule has 1 aromatic carbocycles. The van der Waals surface area contributed by atoms with Gasteiger partial charge in [-0.2, -0.15) is 4.98 Å². The molecule has 192 valence electrons. The molecule has 2 heterocycles. The standard InChI is InChI=1S/C26H40N6O3/c1-19(2)17-29-25(33)21-18-30-26(28-11-7-15-32-13-5-6-14-32)31-24(21)27-12-10-20-8-9-22(34-3)23(16-20)35-4/h8-9,16,18-19H,5-7,10-15,17H2,1-4H3,(H,29,33)(H2,27,28,30,31). The maximum atomic E-state index is 12.8. The molecule has 0 atom stereocenters. The average molecular weight is 485 g/mol. The molecule has 35 heavy (non-hydrogen) atoms. The summed E-state index contributed by atoms with van der Waals surface area (Å²) >= 11 is 0. The van der Waals surface area contributed by atoms with Crippen molar-refractivity contribution in [1.29, 1.82) is 0 Å². The van der Waals surface area contributed by atoms with E-state index < -0.39 is 0 Å². The van der Waals surface area contributed by atoms with Crippen LogP contribution in [0.25, 0.3) is 0 Å². The van der Waals surface area contributed by atoms with Crippen LogP contribution < -0.4 is 25.4 Å². The van der Waals surface area contributed by atoms with Crippen molar-refractivity contribution in [3.8, 4) is 11.5 Å². The van der Waals surface area contributed by atoms with E-state index in [1.165, 1.54) is 25.9 Å². The fourth-order valence-electron chi connectivity index (χ4n) is 4.03. The van der Waals surface area contributed by atoms with E-state index in [0.29, 0.717) is 47.8 Å². The normalized spacial score (nSPS) is 13.6. The highest BCUT2D eigenvalue weighted by Crippen LogP contribution is 2.27. The van der Waals surface area contributed by atoms with Crippen molar-refractivity contribution in [3.05, 3.63) is 35.5 Å². The Kier molecular flexibility index (Phi) is 10.4. The third-order valence-electron chi connectivity index (χ3n) is 5.99. The van der Waals surface area contributed by atoms with Crippen LogP contribution in [-0.2, 0) is 6.42 Å². The van der Waals surface area contributed by atoms with E-state index in [0.717, 1.165) is 31.5 Å². The molecule has 1 fully saturated rings. The number of benzene rings is 1. The van der Waals surface area contributed by atoms with Crippen LogP contribution in [-0.4, -0.2) is 74.3 Å². The number of amides is 1. The maximum Gasteiger partial charge on any atom is 0.256 e. The van der Waals surface area contributed by atoms with Gasteiger partial charge in [0.25, 0.3) is 5.91 Å². The second-order valence-corrected chi connectivity index (χ2v) is 9.25. The second-order valence-electron chi connectivity index (χ2n) is 9.25. The minimum absolute atomic E-state index is 0.173. The molecule has 0 radical (unpaired) electrons. The average Bonchev–Trinajstić information content (AvgIpc) is 3.39. The van der Waals surface area contributed by atoms with Crippen LogP contribution >= 0.6 is 0 Å². The summed E-state index contributed by atoms with van der Waals surface area (Å²) in [6, 6.07) is 5.87. The number of hydrogen-bond donors (Lipinski definition) is 3. The molecule has 0 unspecified atom stereocenters. The van der Waals surface area contributed by atoms with Crippen molar-refractivity contribution in [2.45, 2.75) is 39.5 Å². The largest absolute Gasteiger partial charge is 0.493 e. The van der Waals surface area contributed by atoms with Gasteiger partial charge >= 0.3 is 0 Å². The first kappa shape index (κ1) is 26.5. The number of nitrogens with one attached hydrogen (secondary N) is 3. The molecule has 0 saturated carbocycles. The summed E-state index contributed by atoms with van der Waals surface area (Å²) in [7, 11) is 3.25. The molecule has 1 aliphatic rings. The van der Waals surface area contributed by atoms with Gasteiger partial charge in [0, 0.05) is 25.8 Å². The summed E-state index contributed by atoms with van der Waals surface area (Å²) in [5.41, 5.74) is 1.54. The Balaban J connectivity index is 1.62. The topological polar surface area (TPSA) is 101 Å². The number of likely N-dealkylation sites (tertiary alicyclic amines) is 1. The van der Waals surface area contributed by atoms with Gasteiger partial charge < -0.3 is 30.3 Å². The fraction of sp³-hybridized carbons (Fsp3) is 0.577. The molecule has 0 spiro atoms. The minimum atomic E-state index is -0.173. The molecular weight excluding hydrogens is 444 g/mol. The summed E-state index contributed by atoms with van der Waals surface area (Å²) < 4.78 is 10.7. The maximum absolute atomic E-state index is 12.8. The molecular formula is C26H40N6O3. The monoisotopic (exact) mass is 484 g/mol.